The maximum absolute atomic E-state index is 12.2. The molecular formula is C19H23N3O3. The number of amides is 1. The van der Waals surface area contributed by atoms with Gasteiger partial charge in [0.25, 0.3) is 5.91 Å². The smallest absolute Gasteiger partial charge is 0.342 e. The summed E-state index contributed by atoms with van der Waals surface area (Å²) in [6, 6.07) is 8.14. The molecule has 6 heteroatoms. The first-order valence-electron chi connectivity index (χ1n) is 8.65. The van der Waals surface area contributed by atoms with Gasteiger partial charge in [0.05, 0.1) is 11.7 Å². The Hall–Kier alpha value is -2.63. The molecule has 1 aliphatic rings. The van der Waals surface area contributed by atoms with Crippen molar-refractivity contribution < 1.29 is 14.3 Å². The summed E-state index contributed by atoms with van der Waals surface area (Å²) in [6.45, 7) is 1.64. The molecule has 0 saturated heterocycles. The summed E-state index contributed by atoms with van der Waals surface area (Å²) in [4.78, 5) is 24.4. The third kappa shape index (κ3) is 3.90. The van der Waals surface area contributed by atoms with E-state index in [0.29, 0.717) is 17.7 Å². The van der Waals surface area contributed by atoms with Crippen LogP contribution in [0.5, 0.6) is 0 Å². The van der Waals surface area contributed by atoms with Crippen molar-refractivity contribution in [3.63, 3.8) is 0 Å². The highest BCUT2D eigenvalue weighted by molar-refractivity contribution is 5.92. The zero-order valence-corrected chi connectivity index (χ0v) is 14.6. The average Bonchev–Trinajstić information content (AvgIpc) is 3.01. The summed E-state index contributed by atoms with van der Waals surface area (Å²) in [5, 5.41) is 7.19. The SMILES string of the molecule is CCc1nn(C)cc1C(=O)OCC(=O)N[C@@H]1CCCc2ccccc21. The molecule has 0 unspecified atom stereocenters. The molecule has 1 aromatic carbocycles. The van der Waals surface area contributed by atoms with Crippen LogP contribution >= 0.6 is 0 Å². The summed E-state index contributed by atoms with van der Waals surface area (Å²) in [6.07, 6.45) is 5.24. The average molecular weight is 341 g/mol. The van der Waals surface area contributed by atoms with Gasteiger partial charge in [0.15, 0.2) is 6.61 Å². The number of carbonyl (C=O) groups is 2. The van der Waals surface area contributed by atoms with Crippen LogP contribution in [0.25, 0.3) is 0 Å². The van der Waals surface area contributed by atoms with Crippen LogP contribution in [-0.2, 0) is 29.4 Å². The molecule has 132 valence electrons. The Morgan fingerprint density at radius 3 is 2.96 bits per heavy atom. The Kier molecular flexibility index (Phi) is 5.16. The number of ether oxygens (including phenoxy) is 1. The van der Waals surface area contributed by atoms with E-state index in [9.17, 15) is 9.59 Å². The number of aryl methyl sites for hydroxylation is 3. The summed E-state index contributed by atoms with van der Waals surface area (Å²) in [5.74, 6) is -0.791. The van der Waals surface area contributed by atoms with Crippen molar-refractivity contribution in [2.24, 2.45) is 7.05 Å². The van der Waals surface area contributed by atoms with Crippen molar-refractivity contribution in [3.05, 3.63) is 52.8 Å². The summed E-state index contributed by atoms with van der Waals surface area (Å²) >= 11 is 0. The normalized spacial score (nSPS) is 16.2. The second kappa shape index (κ2) is 7.51. The predicted octanol–water partition coefficient (Wildman–Crippen LogP) is 2.33. The number of nitrogens with zero attached hydrogens (tertiary/aromatic N) is 2. The molecule has 1 aliphatic carbocycles. The maximum Gasteiger partial charge on any atom is 0.342 e. The van der Waals surface area contributed by atoms with E-state index < -0.39 is 5.97 Å². The van der Waals surface area contributed by atoms with Gasteiger partial charge in [-0.3, -0.25) is 9.48 Å². The van der Waals surface area contributed by atoms with E-state index >= 15 is 0 Å². The number of nitrogens with one attached hydrogen (secondary N) is 1. The van der Waals surface area contributed by atoms with Crippen LogP contribution < -0.4 is 5.32 Å². The second-order valence-electron chi connectivity index (χ2n) is 6.30. The molecule has 0 fully saturated rings. The highest BCUT2D eigenvalue weighted by Crippen LogP contribution is 2.29. The number of carbonyl (C=O) groups excluding carboxylic acids is 2. The lowest BCUT2D eigenvalue weighted by atomic mass is 9.88. The van der Waals surface area contributed by atoms with Crippen LogP contribution in [0.1, 0.15) is 53.0 Å². The van der Waals surface area contributed by atoms with Gasteiger partial charge >= 0.3 is 5.97 Å². The number of aromatic nitrogens is 2. The molecule has 1 aromatic heterocycles. The van der Waals surface area contributed by atoms with Gasteiger partial charge in [-0.1, -0.05) is 31.2 Å². The van der Waals surface area contributed by atoms with Crippen LogP contribution in [0.15, 0.2) is 30.5 Å². The molecule has 25 heavy (non-hydrogen) atoms. The fraction of sp³-hybridized carbons (Fsp3) is 0.421. The molecule has 0 bridgehead atoms. The first-order valence-corrected chi connectivity index (χ1v) is 8.65. The van der Waals surface area contributed by atoms with Crippen LogP contribution in [0, 0.1) is 0 Å². The standard InChI is InChI=1S/C19H23N3O3/c1-3-16-15(11-22(2)21-16)19(24)25-12-18(23)20-17-10-6-8-13-7-4-5-9-14(13)17/h4-5,7,9,11,17H,3,6,8,10,12H2,1-2H3,(H,20,23)/t17-/m1/s1. The Balaban J connectivity index is 1.58. The number of rotatable bonds is 5. The highest BCUT2D eigenvalue weighted by atomic mass is 16.5. The van der Waals surface area contributed by atoms with E-state index in [1.807, 2.05) is 19.1 Å². The molecule has 1 N–H and O–H groups in total. The number of hydrogen-bond acceptors (Lipinski definition) is 4. The Bertz CT molecular complexity index is 782. The van der Waals surface area contributed by atoms with Gasteiger partial charge in [-0.25, -0.2) is 4.79 Å². The molecule has 1 amide bonds. The number of benzene rings is 1. The van der Waals surface area contributed by atoms with E-state index in [1.54, 1.807) is 17.9 Å². The summed E-state index contributed by atoms with van der Waals surface area (Å²) in [5.41, 5.74) is 3.53. The zero-order valence-electron chi connectivity index (χ0n) is 14.6. The van der Waals surface area contributed by atoms with Gasteiger partial charge in [0, 0.05) is 13.2 Å². The van der Waals surface area contributed by atoms with Gasteiger partial charge in [-0.15, -0.1) is 0 Å². The molecule has 1 heterocycles. The van der Waals surface area contributed by atoms with Gasteiger partial charge in [-0.2, -0.15) is 5.10 Å². The van der Waals surface area contributed by atoms with Gasteiger partial charge in [0.2, 0.25) is 0 Å². The Labute approximate surface area is 147 Å². The lowest BCUT2D eigenvalue weighted by molar-refractivity contribution is -0.125. The minimum atomic E-state index is -0.510. The third-order valence-electron chi connectivity index (χ3n) is 4.50. The molecule has 6 nitrogen and oxygen atoms in total. The second-order valence-corrected chi connectivity index (χ2v) is 6.30. The quantitative estimate of drug-likeness (QED) is 0.847. The maximum atomic E-state index is 12.2. The molecule has 0 aliphatic heterocycles. The molecule has 0 radical (unpaired) electrons. The minimum Gasteiger partial charge on any atom is -0.452 e. The lowest BCUT2D eigenvalue weighted by Gasteiger charge is -2.26. The predicted molar refractivity (Wildman–Crippen MR) is 93.1 cm³/mol. The van der Waals surface area contributed by atoms with Crippen LogP contribution in [-0.4, -0.2) is 28.3 Å². The summed E-state index contributed by atoms with van der Waals surface area (Å²) in [7, 11) is 1.75. The fourth-order valence-electron chi connectivity index (χ4n) is 3.31. The van der Waals surface area contributed by atoms with Crippen molar-refractivity contribution in [2.45, 2.75) is 38.6 Å². The molecule has 0 saturated carbocycles. The number of esters is 1. The largest absolute Gasteiger partial charge is 0.452 e. The van der Waals surface area contributed by atoms with Crippen LogP contribution in [0.3, 0.4) is 0 Å². The zero-order chi connectivity index (χ0) is 17.8. The van der Waals surface area contributed by atoms with E-state index in [0.717, 1.165) is 24.8 Å². The van der Waals surface area contributed by atoms with Gasteiger partial charge < -0.3 is 10.1 Å². The highest BCUT2D eigenvalue weighted by Gasteiger charge is 2.22. The Morgan fingerprint density at radius 1 is 1.36 bits per heavy atom. The molecule has 0 spiro atoms. The van der Waals surface area contributed by atoms with E-state index in [2.05, 4.69) is 22.5 Å². The van der Waals surface area contributed by atoms with E-state index in [4.69, 9.17) is 4.74 Å². The molecule has 2 aromatic rings. The third-order valence-corrected chi connectivity index (χ3v) is 4.50. The van der Waals surface area contributed by atoms with Crippen molar-refractivity contribution in [3.8, 4) is 0 Å². The first-order chi connectivity index (χ1) is 12.1. The van der Waals surface area contributed by atoms with Gasteiger partial charge in [-0.05, 0) is 36.8 Å². The molecule has 1 atom stereocenters. The van der Waals surface area contributed by atoms with Crippen molar-refractivity contribution in [1.82, 2.24) is 15.1 Å². The van der Waals surface area contributed by atoms with Crippen molar-refractivity contribution >= 4 is 11.9 Å². The topological polar surface area (TPSA) is 73.2 Å². The van der Waals surface area contributed by atoms with Crippen LogP contribution in [0.2, 0.25) is 0 Å². The molecule has 3 rings (SSSR count). The number of fused-ring (bicyclic) bond motifs is 1. The van der Waals surface area contributed by atoms with Gasteiger partial charge in [0.1, 0.15) is 5.56 Å². The Morgan fingerprint density at radius 2 is 2.16 bits per heavy atom. The number of hydrogen-bond donors (Lipinski definition) is 1. The minimum absolute atomic E-state index is 0.0132. The molecular weight excluding hydrogens is 318 g/mol. The first kappa shape index (κ1) is 17.2. The monoisotopic (exact) mass is 341 g/mol. The van der Waals surface area contributed by atoms with E-state index in [-0.39, 0.29) is 18.6 Å². The fourth-order valence-corrected chi connectivity index (χ4v) is 3.31. The van der Waals surface area contributed by atoms with E-state index in [1.165, 1.54) is 5.56 Å². The lowest BCUT2D eigenvalue weighted by Crippen LogP contribution is -2.34. The van der Waals surface area contributed by atoms with Crippen molar-refractivity contribution in [2.75, 3.05) is 6.61 Å². The van der Waals surface area contributed by atoms with Crippen molar-refractivity contribution in [1.29, 1.82) is 0 Å². The van der Waals surface area contributed by atoms with Crippen LogP contribution in [0.4, 0.5) is 0 Å². The summed E-state index contributed by atoms with van der Waals surface area (Å²) < 4.78 is 6.75.